The number of pyridine rings is 1. The first-order valence-electron chi connectivity index (χ1n) is 7.59. The third-order valence-electron chi connectivity index (χ3n) is 3.67. The highest BCUT2D eigenvalue weighted by Crippen LogP contribution is 2.37. The molecule has 2 heterocycles. The number of aliphatic carboxylic acids is 1. The molecule has 0 atom stereocenters. The van der Waals surface area contributed by atoms with Gasteiger partial charge in [0.1, 0.15) is 0 Å². The summed E-state index contributed by atoms with van der Waals surface area (Å²) in [5, 5.41) is 9.93. The fourth-order valence-electron chi connectivity index (χ4n) is 2.47. The number of aromatic nitrogens is 1. The average molecular weight is 384 g/mol. The van der Waals surface area contributed by atoms with E-state index in [1.807, 2.05) is 32.1 Å². The van der Waals surface area contributed by atoms with Crippen LogP contribution in [0, 0.1) is 12.7 Å². The summed E-state index contributed by atoms with van der Waals surface area (Å²) < 4.78 is 20.6. The maximum absolute atomic E-state index is 14.0. The van der Waals surface area contributed by atoms with Crippen LogP contribution in [0.2, 0.25) is 5.02 Å². The van der Waals surface area contributed by atoms with Crippen molar-refractivity contribution in [2.45, 2.75) is 25.3 Å². The SMILES string of the molecule is C/C=C(\C=C/COC)Sc1c(C)c(CC(=O)O)c2cc(Cl)c(F)cn12. The first kappa shape index (κ1) is 19.6. The number of allylic oxidation sites excluding steroid dienone is 2. The van der Waals surface area contributed by atoms with E-state index < -0.39 is 11.8 Å². The monoisotopic (exact) mass is 383 g/mol. The standard InChI is InChI=1S/C18H19ClFNO3S/c1-4-12(6-5-7-24-3)25-18-11(2)13(8-17(22)23)16-9-14(19)15(20)10-21(16)18/h4-6,9-10H,7-8H2,1-3H3,(H,22,23)/b6-5-,12-4+. The van der Waals surface area contributed by atoms with Crippen molar-refractivity contribution in [3.63, 3.8) is 0 Å². The molecule has 0 aliphatic carbocycles. The molecule has 2 aromatic heterocycles. The first-order chi connectivity index (χ1) is 11.9. The molecule has 134 valence electrons. The number of halogens is 2. The number of hydrogen-bond acceptors (Lipinski definition) is 3. The molecule has 25 heavy (non-hydrogen) atoms. The van der Waals surface area contributed by atoms with Crippen LogP contribution >= 0.6 is 23.4 Å². The third-order valence-corrected chi connectivity index (χ3v) is 5.26. The van der Waals surface area contributed by atoms with Gasteiger partial charge in [-0.3, -0.25) is 4.79 Å². The summed E-state index contributed by atoms with van der Waals surface area (Å²) in [4.78, 5) is 12.2. The minimum absolute atomic E-state index is 0.0283. The number of carbonyl (C=O) groups is 1. The Labute approximate surface area is 154 Å². The Hall–Kier alpha value is -1.76. The fourth-order valence-corrected chi connectivity index (χ4v) is 3.65. The van der Waals surface area contributed by atoms with Crippen molar-refractivity contribution >= 4 is 34.8 Å². The van der Waals surface area contributed by atoms with Gasteiger partial charge in [0.2, 0.25) is 0 Å². The molecule has 0 bridgehead atoms. The molecular weight excluding hydrogens is 365 g/mol. The van der Waals surface area contributed by atoms with Crippen LogP contribution in [-0.2, 0) is 16.0 Å². The molecule has 0 saturated carbocycles. The molecule has 0 unspecified atom stereocenters. The lowest BCUT2D eigenvalue weighted by molar-refractivity contribution is -0.136. The highest BCUT2D eigenvalue weighted by molar-refractivity contribution is 8.03. The molecule has 0 fully saturated rings. The summed E-state index contributed by atoms with van der Waals surface area (Å²) in [5.74, 6) is -1.50. The molecule has 0 spiro atoms. The van der Waals surface area contributed by atoms with Crippen molar-refractivity contribution in [3.8, 4) is 0 Å². The number of fused-ring (bicyclic) bond motifs is 1. The van der Waals surface area contributed by atoms with Crippen molar-refractivity contribution < 1.29 is 19.0 Å². The number of hydrogen-bond donors (Lipinski definition) is 1. The number of rotatable bonds is 7. The molecule has 0 amide bonds. The predicted molar refractivity (Wildman–Crippen MR) is 99.1 cm³/mol. The van der Waals surface area contributed by atoms with Gasteiger partial charge in [0.15, 0.2) is 5.82 Å². The van der Waals surface area contributed by atoms with Crippen LogP contribution in [0.4, 0.5) is 4.39 Å². The maximum atomic E-state index is 14.0. The second kappa shape index (κ2) is 8.56. The molecule has 0 aromatic carbocycles. The van der Waals surface area contributed by atoms with Crippen molar-refractivity contribution in [2.24, 2.45) is 0 Å². The molecule has 4 nitrogen and oxygen atoms in total. The summed E-state index contributed by atoms with van der Waals surface area (Å²) in [6, 6.07) is 1.47. The van der Waals surface area contributed by atoms with Gasteiger partial charge in [-0.2, -0.15) is 0 Å². The van der Waals surface area contributed by atoms with Gasteiger partial charge in [0, 0.05) is 18.2 Å². The van der Waals surface area contributed by atoms with Crippen LogP contribution in [0.15, 0.2) is 40.4 Å². The lowest BCUT2D eigenvalue weighted by atomic mass is 10.1. The average Bonchev–Trinajstić information content (AvgIpc) is 2.79. The van der Waals surface area contributed by atoms with Gasteiger partial charge < -0.3 is 14.2 Å². The van der Waals surface area contributed by atoms with Crippen LogP contribution in [0.1, 0.15) is 18.1 Å². The summed E-state index contributed by atoms with van der Waals surface area (Å²) in [6.45, 7) is 4.23. The Bertz CT molecular complexity index is 858. The smallest absolute Gasteiger partial charge is 0.307 e. The van der Waals surface area contributed by atoms with E-state index in [4.69, 9.17) is 16.3 Å². The topological polar surface area (TPSA) is 50.9 Å². The van der Waals surface area contributed by atoms with Crippen molar-refractivity contribution in [3.05, 3.63) is 57.4 Å². The van der Waals surface area contributed by atoms with E-state index in [0.29, 0.717) is 17.7 Å². The van der Waals surface area contributed by atoms with Gasteiger partial charge in [0.05, 0.1) is 28.6 Å². The lowest BCUT2D eigenvalue weighted by Gasteiger charge is -2.06. The zero-order valence-corrected chi connectivity index (χ0v) is 15.7. The van der Waals surface area contributed by atoms with Crippen LogP contribution in [0.5, 0.6) is 0 Å². The number of methoxy groups -OCH3 is 1. The Balaban J connectivity index is 2.56. The van der Waals surface area contributed by atoms with Gasteiger partial charge >= 0.3 is 5.97 Å². The Morgan fingerprint density at radius 1 is 1.52 bits per heavy atom. The Kier molecular flexibility index (Phi) is 6.70. The van der Waals surface area contributed by atoms with Crippen molar-refractivity contribution in [1.82, 2.24) is 4.40 Å². The number of thioether (sulfide) groups is 1. The summed E-state index contributed by atoms with van der Waals surface area (Å²) in [7, 11) is 1.61. The van der Waals surface area contributed by atoms with Crippen LogP contribution in [0.3, 0.4) is 0 Å². The predicted octanol–water partition coefficient (Wildman–Crippen LogP) is 4.87. The van der Waals surface area contributed by atoms with E-state index in [1.54, 1.807) is 11.5 Å². The summed E-state index contributed by atoms with van der Waals surface area (Å²) in [6.07, 6.45) is 6.87. The molecule has 2 aromatic rings. The zero-order valence-electron chi connectivity index (χ0n) is 14.2. The van der Waals surface area contributed by atoms with Crippen molar-refractivity contribution in [2.75, 3.05) is 13.7 Å². The highest BCUT2D eigenvalue weighted by Gasteiger charge is 2.20. The Morgan fingerprint density at radius 3 is 2.84 bits per heavy atom. The molecular formula is C18H19ClFNO3S. The molecule has 7 heteroatoms. The van der Waals surface area contributed by atoms with Crippen molar-refractivity contribution in [1.29, 1.82) is 0 Å². The minimum Gasteiger partial charge on any atom is -0.481 e. The minimum atomic E-state index is -0.946. The molecule has 2 rings (SSSR count). The van der Waals surface area contributed by atoms with E-state index in [1.165, 1.54) is 24.0 Å². The molecule has 0 aliphatic rings. The zero-order chi connectivity index (χ0) is 18.6. The normalized spacial score (nSPS) is 12.4. The Morgan fingerprint density at radius 2 is 2.24 bits per heavy atom. The van der Waals surface area contributed by atoms with E-state index in [0.717, 1.165) is 15.5 Å². The van der Waals surface area contributed by atoms with E-state index >= 15 is 0 Å². The number of carboxylic acids is 1. The maximum Gasteiger partial charge on any atom is 0.307 e. The second-order valence-electron chi connectivity index (χ2n) is 5.35. The van der Waals surface area contributed by atoms with Crippen LogP contribution in [0.25, 0.3) is 5.52 Å². The highest BCUT2D eigenvalue weighted by atomic mass is 35.5. The third kappa shape index (κ3) is 4.45. The molecule has 1 N–H and O–H groups in total. The first-order valence-corrected chi connectivity index (χ1v) is 8.78. The molecule has 0 radical (unpaired) electrons. The fraction of sp³-hybridized carbons (Fsp3) is 0.278. The van der Waals surface area contributed by atoms with Gasteiger partial charge in [-0.25, -0.2) is 4.39 Å². The van der Waals surface area contributed by atoms with Crippen LogP contribution in [-0.4, -0.2) is 29.2 Å². The second-order valence-corrected chi connectivity index (χ2v) is 6.82. The van der Waals surface area contributed by atoms with E-state index in [2.05, 4.69) is 0 Å². The molecule has 0 saturated heterocycles. The quantitative estimate of drug-likeness (QED) is 0.547. The number of carboxylic acid groups (broad SMARTS) is 1. The van der Waals surface area contributed by atoms with E-state index in [-0.39, 0.29) is 11.4 Å². The molecule has 0 aliphatic heterocycles. The number of nitrogens with zero attached hydrogens (tertiary/aromatic N) is 1. The summed E-state index contributed by atoms with van der Waals surface area (Å²) in [5.41, 5.74) is 2.03. The van der Waals surface area contributed by atoms with Gasteiger partial charge in [-0.05, 0) is 31.0 Å². The summed E-state index contributed by atoms with van der Waals surface area (Å²) >= 11 is 7.33. The van der Waals surface area contributed by atoms with Gasteiger partial charge in [0.25, 0.3) is 0 Å². The largest absolute Gasteiger partial charge is 0.481 e. The van der Waals surface area contributed by atoms with Gasteiger partial charge in [-0.15, -0.1) is 0 Å². The van der Waals surface area contributed by atoms with Crippen LogP contribution < -0.4 is 0 Å². The lowest BCUT2D eigenvalue weighted by Crippen LogP contribution is -2.01. The number of ether oxygens (including phenoxy) is 1. The van der Waals surface area contributed by atoms with E-state index in [9.17, 15) is 14.3 Å². The van der Waals surface area contributed by atoms with Gasteiger partial charge in [-0.1, -0.05) is 41.6 Å².